The molecule has 1 saturated carbocycles. The summed E-state index contributed by atoms with van der Waals surface area (Å²) in [6.45, 7) is -0.0509. The molecule has 1 aliphatic rings. The number of alkyl halides is 1. The zero-order valence-electron chi connectivity index (χ0n) is 14.9. The number of aromatic nitrogens is 5. The van der Waals surface area contributed by atoms with E-state index in [4.69, 9.17) is 0 Å². The predicted octanol–water partition coefficient (Wildman–Crippen LogP) is 3.21. The number of aromatic amines is 1. The topological polar surface area (TPSA) is 91.1 Å². The van der Waals surface area contributed by atoms with Gasteiger partial charge in [-0.1, -0.05) is 0 Å². The van der Waals surface area contributed by atoms with E-state index in [0.717, 1.165) is 12.0 Å². The summed E-state index contributed by atoms with van der Waals surface area (Å²) in [5, 5.41) is 13.1. The van der Waals surface area contributed by atoms with E-state index in [1.54, 1.807) is 18.6 Å². The van der Waals surface area contributed by atoms with Crippen LogP contribution in [0.1, 0.15) is 25.0 Å². The van der Waals surface area contributed by atoms with Crippen molar-refractivity contribution in [2.75, 3.05) is 11.9 Å². The summed E-state index contributed by atoms with van der Waals surface area (Å²) in [7, 11) is 0. The highest BCUT2D eigenvalue weighted by molar-refractivity contribution is 5.93. The van der Waals surface area contributed by atoms with Crippen molar-refractivity contribution < 1.29 is 13.9 Å². The number of aliphatic hydroxyl groups is 1. The molecule has 1 fully saturated rings. The normalized spacial score (nSPS) is 15.8. The number of fused-ring (bicyclic) bond motifs is 2. The van der Waals surface area contributed by atoms with Gasteiger partial charge in [-0.2, -0.15) is 4.98 Å². The number of aliphatic hydroxyl groups excluding tert-OH is 1. The minimum Gasteiger partial charge on any atom is -0.390 e. The summed E-state index contributed by atoms with van der Waals surface area (Å²) in [6.07, 6.45) is 8.55. The van der Waals surface area contributed by atoms with Gasteiger partial charge in [-0.25, -0.2) is 18.7 Å². The summed E-state index contributed by atoms with van der Waals surface area (Å²) in [5.74, 6) is -0.136. The van der Waals surface area contributed by atoms with Crippen LogP contribution in [0.4, 0.5) is 14.7 Å². The third-order valence-corrected chi connectivity index (χ3v) is 5.36. The van der Waals surface area contributed by atoms with Gasteiger partial charge < -0.3 is 15.4 Å². The average Bonchev–Trinajstić information content (AvgIpc) is 3.28. The van der Waals surface area contributed by atoms with Gasteiger partial charge in [0.1, 0.15) is 11.3 Å². The van der Waals surface area contributed by atoms with Crippen LogP contribution in [0.2, 0.25) is 0 Å². The first kappa shape index (κ1) is 17.1. The van der Waals surface area contributed by atoms with Crippen LogP contribution in [0, 0.1) is 5.82 Å². The number of imidazole rings is 1. The van der Waals surface area contributed by atoms with Crippen LogP contribution in [0.25, 0.3) is 27.8 Å². The molecule has 0 atom stereocenters. The highest BCUT2D eigenvalue weighted by atomic mass is 19.1. The Hall–Kier alpha value is -3.07. The fraction of sp³-hybridized carbons (Fsp3) is 0.316. The van der Waals surface area contributed by atoms with Crippen molar-refractivity contribution in [3.63, 3.8) is 0 Å². The molecule has 0 aliphatic heterocycles. The van der Waals surface area contributed by atoms with Gasteiger partial charge in [0.25, 0.3) is 0 Å². The second kappa shape index (κ2) is 6.23. The molecule has 0 spiro atoms. The zero-order chi connectivity index (χ0) is 19.3. The molecular formula is C19H18F2N6O. The van der Waals surface area contributed by atoms with Gasteiger partial charge in [0, 0.05) is 35.1 Å². The third kappa shape index (κ3) is 2.70. The first-order chi connectivity index (χ1) is 13.6. The van der Waals surface area contributed by atoms with Gasteiger partial charge in [0.05, 0.1) is 25.0 Å². The number of halogens is 2. The van der Waals surface area contributed by atoms with Crippen LogP contribution in [-0.4, -0.2) is 41.7 Å². The highest BCUT2D eigenvalue weighted by Gasteiger charge is 2.36. The third-order valence-electron chi connectivity index (χ3n) is 5.36. The number of pyridine rings is 1. The Bertz CT molecular complexity index is 1180. The van der Waals surface area contributed by atoms with Gasteiger partial charge in [-0.3, -0.25) is 4.40 Å². The Morgan fingerprint density at radius 3 is 2.89 bits per heavy atom. The molecule has 7 nitrogen and oxygen atoms in total. The SMILES string of the molecule is OCc1cnc2c(F)cc(-c3c[nH]c4nc(NCC5(F)CCC5)ncc34)cn12. The predicted molar refractivity (Wildman–Crippen MR) is 100 cm³/mol. The lowest BCUT2D eigenvalue weighted by Gasteiger charge is -2.33. The first-order valence-corrected chi connectivity index (χ1v) is 9.10. The molecule has 0 aromatic carbocycles. The lowest BCUT2D eigenvalue weighted by atomic mass is 9.82. The van der Waals surface area contributed by atoms with Gasteiger partial charge in [0.15, 0.2) is 11.5 Å². The average molecular weight is 384 g/mol. The van der Waals surface area contributed by atoms with E-state index < -0.39 is 11.5 Å². The van der Waals surface area contributed by atoms with Crippen molar-refractivity contribution in [3.05, 3.63) is 42.4 Å². The number of hydrogen-bond acceptors (Lipinski definition) is 5. The van der Waals surface area contributed by atoms with Crippen LogP contribution in [0.5, 0.6) is 0 Å². The summed E-state index contributed by atoms with van der Waals surface area (Å²) >= 11 is 0. The number of nitrogens with zero attached hydrogens (tertiary/aromatic N) is 4. The van der Waals surface area contributed by atoms with E-state index in [1.165, 1.54) is 16.7 Å². The van der Waals surface area contributed by atoms with Gasteiger partial charge in [-0.05, 0) is 25.3 Å². The maximum Gasteiger partial charge on any atom is 0.224 e. The molecule has 0 radical (unpaired) electrons. The summed E-state index contributed by atoms with van der Waals surface area (Å²) < 4.78 is 30.1. The Morgan fingerprint density at radius 2 is 2.14 bits per heavy atom. The van der Waals surface area contributed by atoms with Crippen molar-refractivity contribution in [3.8, 4) is 11.1 Å². The van der Waals surface area contributed by atoms with Gasteiger partial charge in [-0.15, -0.1) is 0 Å². The molecule has 4 aromatic heterocycles. The van der Waals surface area contributed by atoms with Crippen LogP contribution < -0.4 is 5.32 Å². The number of hydrogen-bond donors (Lipinski definition) is 3. The molecule has 0 saturated heterocycles. The highest BCUT2D eigenvalue weighted by Crippen LogP contribution is 2.35. The lowest BCUT2D eigenvalue weighted by molar-refractivity contribution is 0.0782. The molecule has 0 bridgehead atoms. The van der Waals surface area contributed by atoms with Crippen molar-refractivity contribution >= 4 is 22.6 Å². The van der Waals surface area contributed by atoms with E-state index in [-0.39, 0.29) is 18.8 Å². The molecular weight excluding hydrogens is 366 g/mol. The molecule has 5 rings (SSSR count). The number of anilines is 1. The maximum atomic E-state index is 14.5. The first-order valence-electron chi connectivity index (χ1n) is 9.10. The molecule has 1 aliphatic carbocycles. The Labute approximate surface area is 158 Å². The molecule has 3 N–H and O–H groups in total. The largest absolute Gasteiger partial charge is 0.390 e. The molecule has 4 heterocycles. The van der Waals surface area contributed by atoms with Crippen molar-refractivity contribution in [1.29, 1.82) is 0 Å². The minimum atomic E-state index is -1.17. The van der Waals surface area contributed by atoms with E-state index in [9.17, 15) is 13.9 Å². The lowest BCUT2D eigenvalue weighted by Crippen LogP contribution is -2.39. The summed E-state index contributed by atoms with van der Waals surface area (Å²) in [6, 6.07) is 1.39. The van der Waals surface area contributed by atoms with E-state index in [1.807, 2.05) is 0 Å². The van der Waals surface area contributed by atoms with E-state index in [0.29, 0.717) is 41.1 Å². The second-order valence-electron chi connectivity index (χ2n) is 7.19. The van der Waals surface area contributed by atoms with Crippen molar-refractivity contribution in [2.45, 2.75) is 31.5 Å². The van der Waals surface area contributed by atoms with Crippen LogP contribution in [-0.2, 0) is 6.61 Å². The number of H-pyrrole nitrogens is 1. The summed E-state index contributed by atoms with van der Waals surface area (Å²) in [4.78, 5) is 15.7. The van der Waals surface area contributed by atoms with Crippen molar-refractivity contribution in [1.82, 2.24) is 24.3 Å². The van der Waals surface area contributed by atoms with Crippen molar-refractivity contribution in [2.24, 2.45) is 0 Å². The van der Waals surface area contributed by atoms with E-state index in [2.05, 4.69) is 25.3 Å². The standard InChI is InChI=1S/C19H18F2N6O/c20-15-4-11(8-27-12(9-28)5-23-17(15)27)13-6-22-16-14(13)7-24-18(26-16)25-10-19(21)2-1-3-19/h4-8,28H,1-3,9-10H2,(H2,22,24,25,26). The minimum absolute atomic E-state index is 0.159. The summed E-state index contributed by atoms with van der Waals surface area (Å²) in [5.41, 5.74) is 1.39. The number of nitrogens with one attached hydrogen (secondary N) is 2. The second-order valence-corrected chi connectivity index (χ2v) is 7.19. The molecule has 28 heavy (non-hydrogen) atoms. The maximum absolute atomic E-state index is 14.5. The number of rotatable bonds is 5. The quantitative estimate of drug-likeness (QED) is 0.492. The van der Waals surface area contributed by atoms with Crippen LogP contribution in [0.15, 0.2) is 30.9 Å². The fourth-order valence-electron chi connectivity index (χ4n) is 3.56. The van der Waals surface area contributed by atoms with E-state index >= 15 is 0 Å². The van der Waals surface area contributed by atoms with Crippen LogP contribution in [0.3, 0.4) is 0 Å². The Morgan fingerprint density at radius 1 is 1.29 bits per heavy atom. The van der Waals surface area contributed by atoms with Crippen LogP contribution >= 0.6 is 0 Å². The molecule has 0 unspecified atom stereocenters. The zero-order valence-corrected chi connectivity index (χ0v) is 14.9. The monoisotopic (exact) mass is 384 g/mol. The van der Waals surface area contributed by atoms with Gasteiger partial charge in [0.2, 0.25) is 5.95 Å². The Kier molecular flexibility index (Phi) is 3.80. The molecule has 144 valence electrons. The molecule has 4 aromatic rings. The molecule has 9 heteroatoms. The fourth-order valence-corrected chi connectivity index (χ4v) is 3.56. The molecule has 0 amide bonds. The Balaban J connectivity index is 1.50. The smallest absolute Gasteiger partial charge is 0.224 e. The van der Waals surface area contributed by atoms with Gasteiger partial charge >= 0.3 is 0 Å².